The van der Waals surface area contributed by atoms with Crippen molar-refractivity contribution in [3.05, 3.63) is 29.6 Å². The number of benzene rings is 1. The Hall–Kier alpha value is -1.13. The molecule has 0 spiro atoms. The molecule has 1 fully saturated rings. The van der Waals surface area contributed by atoms with Crippen molar-refractivity contribution in [2.24, 2.45) is 11.7 Å². The van der Waals surface area contributed by atoms with Gasteiger partial charge >= 0.3 is 0 Å². The van der Waals surface area contributed by atoms with Crippen LogP contribution in [0.3, 0.4) is 0 Å². The van der Waals surface area contributed by atoms with Gasteiger partial charge in [-0.2, -0.15) is 0 Å². The van der Waals surface area contributed by atoms with Gasteiger partial charge in [-0.15, -0.1) is 0 Å². The van der Waals surface area contributed by atoms with E-state index < -0.39 is 23.7 Å². The fourth-order valence-corrected chi connectivity index (χ4v) is 2.06. The molecule has 88 valence electrons. The quantitative estimate of drug-likeness (QED) is 0.733. The van der Waals surface area contributed by atoms with Crippen LogP contribution in [0.4, 0.5) is 4.39 Å². The zero-order chi connectivity index (χ0) is 11.7. The Bertz CT molecular complexity index is 379. The second kappa shape index (κ2) is 4.39. The van der Waals surface area contributed by atoms with Gasteiger partial charge in [-0.05, 0) is 24.8 Å². The molecule has 0 bridgehead atoms. The van der Waals surface area contributed by atoms with Crippen molar-refractivity contribution in [3.63, 3.8) is 0 Å². The highest BCUT2D eigenvalue weighted by molar-refractivity contribution is 5.36. The Kier molecular flexibility index (Phi) is 3.12. The molecule has 0 aliphatic heterocycles. The molecule has 0 amide bonds. The molecule has 1 aliphatic carbocycles. The Morgan fingerprint density at radius 3 is 2.62 bits per heavy atom. The number of hydrogen-bond donors (Lipinski definition) is 3. The highest BCUT2D eigenvalue weighted by Crippen LogP contribution is 2.36. The molecule has 16 heavy (non-hydrogen) atoms. The molecule has 0 radical (unpaired) electrons. The summed E-state index contributed by atoms with van der Waals surface area (Å²) >= 11 is 0. The summed E-state index contributed by atoms with van der Waals surface area (Å²) in [6.45, 7) is 0. The SMILES string of the molecule is N[C@H](c1cccc(F)c1O)[C@@H](O)C1CCC1. The molecule has 1 aromatic rings. The Labute approximate surface area is 93.7 Å². The highest BCUT2D eigenvalue weighted by atomic mass is 19.1. The van der Waals surface area contributed by atoms with Crippen LogP contribution < -0.4 is 5.73 Å². The Balaban J connectivity index is 2.19. The summed E-state index contributed by atoms with van der Waals surface area (Å²) in [5.41, 5.74) is 6.12. The van der Waals surface area contributed by atoms with E-state index >= 15 is 0 Å². The third kappa shape index (κ3) is 1.90. The van der Waals surface area contributed by atoms with Crippen molar-refractivity contribution in [3.8, 4) is 5.75 Å². The summed E-state index contributed by atoms with van der Waals surface area (Å²) in [5, 5.41) is 19.5. The molecule has 0 heterocycles. The molecule has 0 saturated heterocycles. The van der Waals surface area contributed by atoms with E-state index in [0.29, 0.717) is 0 Å². The lowest BCUT2D eigenvalue weighted by atomic mass is 9.77. The molecule has 1 aliphatic rings. The number of aromatic hydroxyl groups is 1. The maximum atomic E-state index is 13.1. The summed E-state index contributed by atoms with van der Waals surface area (Å²) in [7, 11) is 0. The van der Waals surface area contributed by atoms with Crippen molar-refractivity contribution in [1.29, 1.82) is 0 Å². The first-order valence-electron chi connectivity index (χ1n) is 5.52. The van der Waals surface area contributed by atoms with Crippen LogP contribution in [0, 0.1) is 11.7 Å². The lowest BCUT2D eigenvalue weighted by molar-refractivity contribution is 0.0406. The van der Waals surface area contributed by atoms with E-state index in [9.17, 15) is 14.6 Å². The fraction of sp³-hybridized carbons (Fsp3) is 0.500. The molecule has 0 aromatic heterocycles. The third-order valence-electron chi connectivity index (χ3n) is 3.38. The minimum Gasteiger partial charge on any atom is -0.505 e. The lowest BCUT2D eigenvalue weighted by Crippen LogP contribution is -2.36. The number of hydrogen-bond acceptors (Lipinski definition) is 3. The third-order valence-corrected chi connectivity index (χ3v) is 3.38. The summed E-state index contributed by atoms with van der Waals surface area (Å²) in [6.07, 6.45) is 2.29. The van der Waals surface area contributed by atoms with Crippen molar-refractivity contribution in [2.45, 2.75) is 31.4 Å². The van der Waals surface area contributed by atoms with Crippen molar-refractivity contribution in [1.82, 2.24) is 0 Å². The monoisotopic (exact) mass is 225 g/mol. The Morgan fingerprint density at radius 2 is 2.06 bits per heavy atom. The van der Waals surface area contributed by atoms with Gasteiger partial charge in [0.05, 0.1) is 12.1 Å². The molecule has 2 atom stereocenters. The smallest absolute Gasteiger partial charge is 0.165 e. The van der Waals surface area contributed by atoms with Gasteiger partial charge in [0.1, 0.15) is 0 Å². The van der Waals surface area contributed by atoms with Crippen LogP contribution in [0.5, 0.6) is 5.75 Å². The maximum absolute atomic E-state index is 13.1. The van der Waals surface area contributed by atoms with Gasteiger partial charge in [0, 0.05) is 5.56 Å². The first-order valence-corrected chi connectivity index (χ1v) is 5.52. The maximum Gasteiger partial charge on any atom is 0.165 e. The minimum absolute atomic E-state index is 0.178. The van der Waals surface area contributed by atoms with Gasteiger partial charge in [-0.1, -0.05) is 18.6 Å². The topological polar surface area (TPSA) is 66.5 Å². The molecule has 3 nitrogen and oxygen atoms in total. The second-order valence-corrected chi connectivity index (χ2v) is 4.39. The zero-order valence-electron chi connectivity index (χ0n) is 8.94. The molecular weight excluding hydrogens is 209 g/mol. The first-order chi connectivity index (χ1) is 7.61. The van der Waals surface area contributed by atoms with E-state index in [1.165, 1.54) is 12.1 Å². The van der Waals surface area contributed by atoms with Gasteiger partial charge in [-0.3, -0.25) is 0 Å². The average Bonchev–Trinajstić information content (AvgIpc) is 2.18. The van der Waals surface area contributed by atoms with Crippen LogP contribution in [0.1, 0.15) is 30.9 Å². The average molecular weight is 225 g/mol. The molecule has 2 rings (SSSR count). The number of phenols is 1. The van der Waals surface area contributed by atoms with Gasteiger partial charge < -0.3 is 15.9 Å². The lowest BCUT2D eigenvalue weighted by Gasteiger charge is -2.33. The van der Waals surface area contributed by atoms with Crippen molar-refractivity contribution in [2.75, 3.05) is 0 Å². The van der Waals surface area contributed by atoms with Crippen LogP contribution in [-0.4, -0.2) is 16.3 Å². The summed E-state index contributed by atoms with van der Waals surface area (Å²) in [6, 6.07) is 3.48. The van der Waals surface area contributed by atoms with Crippen molar-refractivity contribution >= 4 is 0 Å². The molecule has 0 unspecified atom stereocenters. The van der Waals surface area contributed by atoms with E-state index in [2.05, 4.69) is 0 Å². The van der Waals surface area contributed by atoms with Gasteiger partial charge in [-0.25, -0.2) is 4.39 Å². The minimum atomic E-state index is -0.721. The highest BCUT2D eigenvalue weighted by Gasteiger charge is 2.32. The first kappa shape index (κ1) is 11.4. The number of halogens is 1. The van der Waals surface area contributed by atoms with E-state index in [1.807, 2.05) is 0 Å². The number of para-hydroxylation sites is 1. The normalized spacial score (nSPS) is 20.2. The second-order valence-electron chi connectivity index (χ2n) is 4.39. The van der Waals surface area contributed by atoms with Crippen LogP contribution in [0.15, 0.2) is 18.2 Å². The molecular formula is C12H16FNO2. The standard InChI is InChI=1S/C12H16FNO2/c13-9-6-2-5-8(12(9)16)10(14)11(15)7-3-1-4-7/h2,5-7,10-11,15-16H,1,3-4,14H2/t10-,11+/m1/s1. The van der Waals surface area contributed by atoms with Crippen molar-refractivity contribution < 1.29 is 14.6 Å². The van der Waals surface area contributed by atoms with Gasteiger partial charge in [0.15, 0.2) is 11.6 Å². The molecule has 1 saturated carbocycles. The largest absolute Gasteiger partial charge is 0.505 e. The van der Waals surface area contributed by atoms with Crippen LogP contribution in [0.25, 0.3) is 0 Å². The molecule has 4 N–H and O–H groups in total. The Morgan fingerprint density at radius 1 is 1.38 bits per heavy atom. The van der Waals surface area contributed by atoms with E-state index in [1.54, 1.807) is 6.07 Å². The van der Waals surface area contributed by atoms with E-state index in [4.69, 9.17) is 5.73 Å². The number of rotatable bonds is 3. The van der Waals surface area contributed by atoms with Crippen LogP contribution in [0.2, 0.25) is 0 Å². The zero-order valence-corrected chi connectivity index (χ0v) is 8.94. The molecule has 4 heteroatoms. The van der Waals surface area contributed by atoms with Gasteiger partial charge in [0.25, 0.3) is 0 Å². The summed E-state index contributed by atoms with van der Waals surface area (Å²) in [4.78, 5) is 0. The fourth-order valence-electron chi connectivity index (χ4n) is 2.06. The number of aliphatic hydroxyl groups excluding tert-OH is 1. The number of phenolic OH excluding ortho intramolecular Hbond substituents is 1. The predicted molar refractivity (Wildman–Crippen MR) is 58.3 cm³/mol. The van der Waals surface area contributed by atoms with E-state index in [0.717, 1.165) is 19.3 Å². The van der Waals surface area contributed by atoms with E-state index in [-0.39, 0.29) is 11.5 Å². The van der Waals surface area contributed by atoms with Gasteiger partial charge in [0.2, 0.25) is 0 Å². The molecule has 1 aromatic carbocycles. The van der Waals surface area contributed by atoms with Crippen LogP contribution in [-0.2, 0) is 0 Å². The number of nitrogens with two attached hydrogens (primary N) is 1. The predicted octanol–water partition coefficient (Wildman–Crippen LogP) is 1.69. The summed E-state index contributed by atoms with van der Waals surface area (Å²) in [5.74, 6) is -0.972. The van der Waals surface area contributed by atoms with Crippen LogP contribution >= 0.6 is 0 Å². The summed E-state index contributed by atoms with van der Waals surface area (Å²) < 4.78 is 13.1. The number of aliphatic hydroxyl groups is 1.